The number of carboxylic acid groups (broad SMARTS) is 1. The topological polar surface area (TPSA) is 88.2 Å². The molecule has 0 aliphatic rings. The van der Waals surface area contributed by atoms with Crippen LogP contribution in [-0.4, -0.2) is 37.3 Å². The predicted molar refractivity (Wildman–Crippen MR) is 134 cm³/mol. The zero-order valence-corrected chi connectivity index (χ0v) is 21.7. The van der Waals surface area contributed by atoms with Crippen molar-refractivity contribution in [3.05, 3.63) is 23.2 Å². The third kappa shape index (κ3) is 8.56. The molecule has 186 valence electrons. The van der Waals surface area contributed by atoms with Crippen LogP contribution in [0.4, 0.5) is 0 Å². The van der Waals surface area contributed by atoms with Crippen LogP contribution in [0.5, 0.6) is 0 Å². The Bertz CT molecular complexity index is 877. The number of rotatable bonds is 14. The highest BCUT2D eigenvalue weighted by Gasteiger charge is 2.32. The Kier molecular flexibility index (Phi) is 10.6. The number of carbonyl (C=O) groups is 1. The molecule has 0 amide bonds. The number of aliphatic hydroxyl groups excluding tert-OH is 1. The molecule has 1 aromatic carbocycles. The van der Waals surface area contributed by atoms with E-state index < -0.39 is 12.1 Å². The second-order valence-corrected chi connectivity index (χ2v) is 11.0. The normalized spacial score (nSPS) is 16.0. The first-order chi connectivity index (χ1) is 15.5. The van der Waals surface area contributed by atoms with Crippen molar-refractivity contribution in [3.8, 4) is 0 Å². The summed E-state index contributed by atoms with van der Waals surface area (Å²) < 4.78 is 0. The molecule has 33 heavy (non-hydrogen) atoms. The van der Waals surface area contributed by atoms with Gasteiger partial charge in [-0.05, 0) is 54.7 Å². The molecule has 1 heterocycles. The van der Waals surface area contributed by atoms with Gasteiger partial charge in [0.15, 0.2) is 0 Å². The van der Waals surface area contributed by atoms with Crippen molar-refractivity contribution in [2.45, 2.75) is 98.6 Å². The van der Waals surface area contributed by atoms with Crippen LogP contribution in [0.15, 0.2) is 18.2 Å². The Morgan fingerprint density at radius 1 is 1.09 bits per heavy atom. The van der Waals surface area contributed by atoms with Crippen LogP contribution in [-0.2, 0) is 11.3 Å². The molecule has 6 nitrogen and oxygen atoms in total. The van der Waals surface area contributed by atoms with Gasteiger partial charge >= 0.3 is 5.97 Å². The molecule has 0 bridgehead atoms. The number of hydrogen-bond acceptors (Lipinski definition) is 4. The predicted octanol–water partition coefficient (Wildman–Crippen LogP) is 6.59. The SMILES string of the molecule is CCCCC(CC)CC(CCCC(C(O)Cn1nc2ccc(Cl)cc2n1)C(C)(C)C)C(=O)O. The number of unbranched alkanes of at least 4 members (excludes halogenated alkanes) is 1. The van der Waals surface area contributed by atoms with Gasteiger partial charge in [-0.25, -0.2) is 0 Å². The minimum atomic E-state index is -0.691. The van der Waals surface area contributed by atoms with Gasteiger partial charge in [0.2, 0.25) is 0 Å². The molecule has 1 aromatic heterocycles. The molecule has 0 saturated carbocycles. The summed E-state index contributed by atoms with van der Waals surface area (Å²) in [7, 11) is 0. The molecule has 0 aliphatic heterocycles. The first kappa shape index (κ1) is 27.6. The highest BCUT2D eigenvalue weighted by atomic mass is 35.5. The van der Waals surface area contributed by atoms with Gasteiger partial charge in [-0.2, -0.15) is 15.0 Å². The lowest BCUT2D eigenvalue weighted by Gasteiger charge is -2.34. The molecule has 0 aliphatic carbocycles. The van der Waals surface area contributed by atoms with Crippen molar-refractivity contribution in [1.82, 2.24) is 15.0 Å². The average Bonchev–Trinajstić information content (AvgIpc) is 3.12. The summed E-state index contributed by atoms with van der Waals surface area (Å²) in [6.07, 6.45) is 6.77. The molecule has 7 heteroatoms. The summed E-state index contributed by atoms with van der Waals surface area (Å²) in [4.78, 5) is 13.4. The maximum atomic E-state index is 11.9. The molecule has 2 aromatic rings. The number of benzene rings is 1. The smallest absolute Gasteiger partial charge is 0.306 e. The average molecular weight is 480 g/mol. The summed E-state index contributed by atoms with van der Waals surface area (Å²) in [5.74, 6) is -0.522. The molecular formula is C26H42ClN3O3. The van der Waals surface area contributed by atoms with Crippen LogP contribution in [0.1, 0.15) is 86.0 Å². The van der Waals surface area contributed by atoms with E-state index in [9.17, 15) is 15.0 Å². The molecular weight excluding hydrogens is 438 g/mol. The first-order valence-electron chi connectivity index (χ1n) is 12.5. The van der Waals surface area contributed by atoms with Crippen LogP contribution < -0.4 is 0 Å². The third-order valence-electron chi connectivity index (χ3n) is 6.89. The van der Waals surface area contributed by atoms with Gasteiger partial charge in [0, 0.05) is 5.02 Å². The van der Waals surface area contributed by atoms with Crippen molar-refractivity contribution < 1.29 is 15.0 Å². The quantitative estimate of drug-likeness (QED) is 0.319. The van der Waals surface area contributed by atoms with E-state index in [0.29, 0.717) is 29.4 Å². The van der Waals surface area contributed by atoms with Crippen LogP contribution in [0.2, 0.25) is 5.02 Å². The van der Waals surface area contributed by atoms with Gasteiger partial charge in [-0.1, -0.05) is 78.3 Å². The van der Waals surface area contributed by atoms with Gasteiger partial charge in [-0.3, -0.25) is 4.79 Å². The van der Waals surface area contributed by atoms with Crippen molar-refractivity contribution in [2.75, 3.05) is 0 Å². The number of carboxylic acids is 1. The van der Waals surface area contributed by atoms with Crippen LogP contribution >= 0.6 is 11.6 Å². The molecule has 4 unspecified atom stereocenters. The number of nitrogens with zero attached hydrogens (tertiary/aromatic N) is 3. The standard InChI is InChI=1S/C26H42ClN3O3/c1-6-8-10-18(7-2)15-19(25(32)33)11-9-12-21(26(3,4)5)24(31)17-30-28-22-14-13-20(27)16-23(22)29-30/h13-14,16,18-19,21,24,31H,6-12,15,17H2,1-5H3,(H,32,33). The maximum Gasteiger partial charge on any atom is 0.306 e. The Morgan fingerprint density at radius 2 is 1.79 bits per heavy atom. The van der Waals surface area contributed by atoms with Gasteiger partial charge < -0.3 is 10.2 Å². The molecule has 2 N–H and O–H groups in total. The highest BCUT2D eigenvalue weighted by Crippen LogP contribution is 2.35. The Balaban J connectivity index is 2.00. The fourth-order valence-corrected chi connectivity index (χ4v) is 4.99. The summed E-state index contributed by atoms with van der Waals surface area (Å²) in [6.45, 7) is 11.0. The summed E-state index contributed by atoms with van der Waals surface area (Å²) >= 11 is 6.05. The molecule has 4 atom stereocenters. The van der Waals surface area contributed by atoms with Gasteiger partial charge in [0.25, 0.3) is 0 Å². The van der Waals surface area contributed by atoms with E-state index in [0.717, 1.165) is 50.5 Å². The number of aliphatic hydroxyl groups is 1. The van der Waals surface area contributed by atoms with E-state index in [1.165, 1.54) is 0 Å². The monoisotopic (exact) mass is 479 g/mol. The number of halogens is 1. The van der Waals surface area contributed by atoms with E-state index in [2.05, 4.69) is 44.8 Å². The lowest BCUT2D eigenvalue weighted by Crippen LogP contribution is -2.36. The summed E-state index contributed by atoms with van der Waals surface area (Å²) in [5.41, 5.74) is 1.33. The lowest BCUT2D eigenvalue weighted by atomic mass is 9.74. The van der Waals surface area contributed by atoms with Crippen molar-refractivity contribution in [1.29, 1.82) is 0 Å². The number of fused-ring (bicyclic) bond motifs is 1. The van der Waals surface area contributed by atoms with Gasteiger partial charge in [0.1, 0.15) is 11.0 Å². The minimum absolute atomic E-state index is 0.00621. The summed E-state index contributed by atoms with van der Waals surface area (Å²) in [6, 6.07) is 5.37. The fraction of sp³-hybridized carbons (Fsp3) is 0.731. The second-order valence-electron chi connectivity index (χ2n) is 10.5. The van der Waals surface area contributed by atoms with E-state index >= 15 is 0 Å². The minimum Gasteiger partial charge on any atom is -0.481 e. The zero-order valence-electron chi connectivity index (χ0n) is 20.9. The van der Waals surface area contributed by atoms with Crippen molar-refractivity contribution >= 4 is 28.6 Å². The molecule has 0 radical (unpaired) electrons. The van der Waals surface area contributed by atoms with E-state index in [1.54, 1.807) is 16.9 Å². The van der Waals surface area contributed by atoms with Crippen molar-refractivity contribution in [3.63, 3.8) is 0 Å². The maximum absolute atomic E-state index is 11.9. The van der Waals surface area contributed by atoms with Crippen LogP contribution in [0.3, 0.4) is 0 Å². The van der Waals surface area contributed by atoms with E-state index in [-0.39, 0.29) is 17.3 Å². The molecule has 0 saturated heterocycles. The lowest BCUT2D eigenvalue weighted by molar-refractivity contribution is -0.142. The van der Waals surface area contributed by atoms with Gasteiger partial charge in [-0.15, -0.1) is 0 Å². The first-order valence-corrected chi connectivity index (χ1v) is 12.8. The van der Waals surface area contributed by atoms with Gasteiger partial charge in [0.05, 0.1) is 18.6 Å². The van der Waals surface area contributed by atoms with Crippen molar-refractivity contribution in [2.24, 2.45) is 23.2 Å². The third-order valence-corrected chi connectivity index (χ3v) is 7.12. The molecule has 0 fully saturated rings. The van der Waals surface area contributed by atoms with E-state index in [4.69, 9.17) is 11.6 Å². The number of aromatic nitrogens is 3. The van der Waals surface area contributed by atoms with Crippen LogP contribution in [0, 0.1) is 23.2 Å². The second kappa shape index (κ2) is 12.7. The zero-order chi connectivity index (χ0) is 24.6. The van der Waals surface area contributed by atoms with E-state index in [1.807, 2.05) is 6.07 Å². The summed E-state index contributed by atoms with van der Waals surface area (Å²) in [5, 5.41) is 30.4. The number of aliphatic carboxylic acids is 1. The number of hydrogen-bond donors (Lipinski definition) is 2. The van der Waals surface area contributed by atoms with Crippen LogP contribution in [0.25, 0.3) is 11.0 Å². The molecule has 2 rings (SSSR count). The Labute approximate surface area is 203 Å². The highest BCUT2D eigenvalue weighted by molar-refractivity contribution is 6.31. The fourth-order valence-electron chi connectivity index (χ4n) is 4.82. The Hall–Kier alpha value is -1.66. The Morgan fingerprint density at radius 3 is 2.39 bits per heavy atom. The largest absolute Gasteiger partial charge is 0.481 e. The molecule has 0 spiro atoms.